The van der Waals surface area contributed by atoms with E-state index in [1.807, 2.05) is 6.92 Å². The first-order chi connectivity index (χ1) is 8.81. The molecule has 2 aromatic rings. The second-order valence-corrected chi connectivity index (χ2v) is 4.21. The van der Waals surface area contributed by atoms with E-state index in [1.165, 1.54) is 6.42 Å². The number of fused-ring (bicyclic) bond motifs is 1. The van der Waals surface area contributed by atoms with Gasteiger partial charge in [-0.1, -0.05) is 18.6 Å². The fraction of sp³-hybridized carbons (Fsp3) is 0.667. The van der Waals surface area contributed by atoms with Gasteiger partial charge in [-0.3, -0.25) is 0 Å². The summed E-state index contributed by atoms with van der Waals surface area (Å²) in [5.74, 6) is 0.899. The van der Waals surface area contributed by atoms with Gasteiger partial charge in [-0.25, -0.2) is 14.6 Å². The van der Waals surface area contributed by atoms with Crippen LogP contribution in [0, 0.1) is 0 Å². The molecule has 0 aliphatic rings. The Morgan fingerprint density at radius 1 is 1.22 bits per heavy atom. The van der Waals surface area contributed by atoms with E-state index in [4.69, 9.17) is 0 Å². The third kappa shape index (κ3) is 2.27. The van der Waals surface area contributed by atoms with E-state index in [9.17, 15) is 0 Å². The van der Waals surface area contributed by atoms with E-state index >= 15 is 0 Å². The maximum absolute atomic E-state index is 4.38. The molecule has 18 heavy (non-hydrogen) atoms. The number of aromatic nitrogens is 5. The molecule has 98 valence electrons. The lowest BCUT2D eigenvalue weighted by Gasteiger charge is -2.21. The van der Waals surface area contributed by atoms with E-state index in [-0.39, 0.29) is 0 Å². The molecule has 0 spiro atoms. The normalized spacial score (nSPS) is 11.1. The van der Waals surface area contributed by atoms with Crippen LogP contribution in [0.1, 0.15) is 33.6 Å². The van der Waals surface area contributed by atoms with Crippen LogP contribution < -0.4 is 4.90 Å². The zero-order chi connectivity index (χ0) is 13.0. The van der Waals surface area contributed by atoms with Crippen molar-refractivity contribution in [3.63, 3.8) is 0 Å². The van der Waals surface area contributed by atoms with Gasteiger partial charge in [-0.2, -0.15) is 0 Å². The van der Waals surface area contributed by atoms with Crippen LogP contribution in [0.4, 0.5) is 5.82 Å². The van der Waals surface area contributed by atoms with Gasteiger partial charge in [0.25, 0.3) is 0 Å². The van der Waals surface area contributed by atoms with Crippen molar-refractivity contribution < 1.29 is 0 Å². The Balaban J connectivity index is 2.39. The number of aryl methyl sites for hydroxylation is 1. The maximum atomic E-state index is 4.38. The van der Waals surface area contributed by atoms with Crippen LogP contribution in [-0.2, 0) is 6.54 Å². The summed E-state index contributed by atoms with van der Waals surface area (Å²) in [6.45, 7) is 9.05. The zero-order valence-electron chi connectivity index (χ0n) is 11.3. The average Bonchev–Trinajstić information content (AvgIpc) is 2.83. The summed E-state index contributed by atoms with van der Waals surface area (Å²) in [7, 11) is 0. The smallest absolute Gasteiger partial charge is 0.183 e. The van der Waals surface area contributed by atoms with Gasteiger partial charge in [0.1, 0.15) is 6.33 Å². The molecule has 2 heterocycles. The van der Waals surface area contributed by atoms with Gasteiger partial charge >= 0.3 is 0 Å². The lowest BCUT2D eigenvalue weighted by molar-refractivity contribution is 0.641. The van der Waals surface area contributed by atoms with Crippen molar-refractivity contribution in [2.75, 3.05) is 18.0 Å². The van der Waals surface area contributed by atoms with Crippen molar-refractivity contribution in [3.05, 3.63) is 6.33 Å². The predicted molar refractivity (Wildman–Crippen MR) is 71.6 cm³/mol. The highest BCUT2D eigenvalue weighted by atomic mass is 15.4. The molecule has 0 saturated carbocycles. The van der Waals surface area contributed by atoms with Crippen molar-refractivity contribution in [2.24, 2.45) is 0 Å². The third-order valence-electron chi connectivity index (χ3n) is 3.04. The molecule has 6 heteroatoms. The quantitative estimate of drug-likeness (QED) is 0.781. The summed E-state index contributed by atoms with van der Waals surface area (Å²) < 4.78 is 1.80. The Labute approximate surface area is 107 Å². The maximum Gasteiger partial charge on any atom is 0.183 e. The minimum atomic E-state index is 0.772. The van der Waals surface area contributed by atoms with E-state index in [1.54, 1.807) is 11.0 Å². The first-order valence-electron chi connectivity index (χ1n) is 6.60. The highest BCUT2D eigenvalue weighted by Gasteiger charge is 2.15. The predicted octanol–water partition coefficient (Wildman–Crippen LogP) is 1.87. The number of anilines is 1. The Bertz CT molecular complexity index is 506. The van der Waals surface area contributed by atoms with Crippen LogP contribution in [-0.4, -0.2) is 38.1 Å². The van der Waals surface area contributed by atoms with Gasteiger partial charge in [0.05, 0.1) is 0 Å². The molecule has 0 fully saturated rings. The average molecular weight is 248 g/mol. The summed E-state index contributed by atoms with van der Waals surface area (Å²) in [5.41, 5.74) is 1.62. The first-order valence-corrected chi connectivity index (χ1v) is 6.60. The van der Waals surface area contributed by atoms with Gasteiger partial charge < -0.3 is 4.90 Å². The number of rotatable bonds is 6. The molecule has 0 N–H and O–H groups in total. The largest absolute Gasteiger partial charge is 0.355 e. The standard InChI is InChI=1S/C12H20N6/c1-4-7-8-17(5-2)11-10-12(14-9-13-11)18(6-3)16-15-10/h9H,4-8H2,1-3H3. The molecule has 0 aromatic carbocycles. The second kappa shape index (κ2) is 5.75. The summed E-state index contributed by atoms with van der Waals surface area (Å²) in [5, 5.41) is 8.32. The fourth-order valence-electron chi connectivity index (χ4n) is 1.99. The van der Waals surface area contributed by atoms with Crippen molar-refractivity contribution in [1.29, 1.82) is 0 Å². The lowest BCUT2D eigenvalue weighted by atomic mass is 10.3. The van der Waals surface area contributed by atoms with Crippen LogP contribution in [0.2, 0.25) is 0 Å². The minimum absolute atomic E-state index is 0.772. The monoisotopic (exact) mass is 248 g/mol. The molecule has 0 amide bonds. The fourth-order valence-corrected chi connectivity index (χ4v) is 1.99. The number of hydrogen-bond acceptors (Lipinski definition) is 5. The van der Waals surface area contributed by atoms with Gasteiger partial charge in [0.15, 0.2) is 17.0 Å². The minimum Gasteiger partial charge on any atom is -0.355 e. The second-order valence-electron chi connectivity index (χ2n) is 4.21. The van der Waals surface area contributed by atoms with E-state index in [0.29, 0.717) is 0 Å². The molecule has 0 bridgehead atoms. The van der Waals surface area contributed by atoms with Crippen molar-refractivity contribution in [3.8, 4) is 0 Å². The molecular weight excluding hydrogens is 228 g/mol. The topological polar surface area (TPSA) is 59.7 Å². The highest BCUT2D eigenvalue weighted by Crippen LogP contribution is 2.20. The number of hydrogen-bond donors (Lipinski definition) is 0. The van der Waals surface area contributed by atoms with E-state index < -0.39 is 0 Å². The molecule has 0 atom stereocenters. The Morgan fingerprint density at radius 3 is 2.72 bits per heavy atom. The van der Waals surface area contributed by atoms with Crippen LogP contribution in [0.3, 0.4) is 0 Å². The number of nitrogens with zero attached hydrogens (tertiary/aromatic N) is 6. The van der Waals surface area contributed by atoms with Gasteiger partial charge in [-0.15, -0.1) is 5.10 Å². The highest BCUT2D eigenvalue weighted by molar-refractivity contribution is 5.82. The molecule has 0 unspecified atom stereocenters. The lowest BCUT2D eigenvalue weighted by Crippen LogP contribution is -2.25. The van der Waals surface area contributed by atoms with Gasteiger partial charge in [0.2, 0.25) is 0 Å². The molecule has 0 radical (unpaired) electrons. The molecule has 0 aliphatic heterocycles. The molecular formula is C12H20N6. The Hall–Kier alpha value is -1.72. The van der Waals surface area contributed by atoms with E-state index in [2.05, 4.69) is 39.0 Å². The zero-order valence-corrected chi connectivity index (χ0v) is 11.3. The Morgan fingerprint density at radius 2 is 2.06 bits per heavy atom. The van der Waals surface area contributed by atoms with Crippen LogP contribution in [0.5, 0.6) is 0 Å². The summed E-state index contributed by atoms with van der Waals surface area (Å²) >= 11 is 0. The van der Waals surface area contributed by atoms with Crippen molar-refractivity contribution >= 4 is 17.0 Å². The van der Waals surface area contributed by atoms with Crippen molar-refractivity contribution in [2.45, 2.75) is 40.2 Å². The third-order valence-corrected chi connectivity index (χ3v) is 3.04. The summed E-state index contributed by atoms with van der Waals surface area (Å²) in [6, 6.07) is 0. The van der Waals surface area contributed by atoms with Gasteiger partial charge in [0, 0.05) is 19.6 Å². The molecule has 6 nitrogen and oxygen atoms in total. The van der Waals surface area contributed by atoms with Crippen LogP contribution >= 0.6 is 0 Å². The molecule has 2 aromatic heterocycles. The van der Waals surface area contributed by atoms with Crippen LogP contribution in [0.25, 0.3) is 11.2 Å². The van der Waals surface area contributed by atoms with Crippen LogP contribution in [0.15, 0.2) is 6.33 Å². The molecule has 2 rings (SSSR count). The van der Waals surface area contributed by atoms with E-state index in [0.717, 1.165) is 43.0 Å². The SMILES string of the molecule is CCCCN(CC)c1ncnc2c1nnn2CC. The van der Waals surface area contributed by atoms with Gasteiger partial charge in [-0.05, 0) is 20.3 Å². The molecule has 0 saturated heterocycles. The van der Waals surface area contributed by atoms with Crippen molar-refractivity contribution in [1.82, 2.24) is 25.0 Å². The Kier molecular flexibility index (Phi) is 4.07. The molecule has 0 aliphatic carbocycles. The first kappa shape index (κ1) is 12.7. The summed E-state index contributed by atoms with van der Waals surface area (Å²) in [4.78, 5) is 10.9. The summed E-state index contributed by atoms with van der Waals surface area (Å²) in [6.07, 6.45) is 3.93. The number of unbranched alkanes of at least 4 members (excludes halogenated alkanes) is 1.